The van der Waals surface area contributed by atoms with Crippen LogP contribution in [0.2, 0.25) is 0 Å². The SMILES string of the molecule is CC(CCl)CS(=O)(=O)NCC(O)C(C)C. The Balaban J connectivity index is 4.05. The molecular weight excluding hydrogens is 238 g/mol. The highest BCUT2D eigenvalue weighted by molar-refractivity contribution is 7.89. The molecule has 92 valence electrons. The van der Waals surface area contributed by atoms with Crippen LogP contribution < -0.4 is 4.72 Å². The molecule has 0 bridgehead atoms. The van der Waals surface area contributed by atoms with Crippen LogP contribution in [-0.4, -0.2) is 37.8 Å². The van der Waals surface area contributed by atoms with Gasteiger partial charge in [-0.15, -0.1) is 11.6 Å². The third kappa shape index (κ3) is 7.11. The van der Waals surface area contributed by atoms with Crippen LogP contribution in [0.5, 0.6) is 0 Å². The number of halogens is 1. The monoisotopic (exact) mass is 257 g/mol. The lowest BCUT2D eigenvalue weighted by atomic mass is 10.1. The summed E-state index contributed by atoms with van der Waals surface area (Å²) in [5.41, 5.74) is 0. The summed E-state index contributed by atoms with van der Waals surface area (Å²) in [4.78, 5) is 0. The van der Waals surface area contributed by atoms with E-state index in [0.29, 0.717) is 5.88 Å². The first-order chi connectivity index (χ1) is 6.78. The first-order valence-corrected chi connectivity index (χ1v) is 7.18. The summed E-state index contributed by atoms with van der Waals surface area (Å²) in [5, 5.41) is 9.43. The third-order valence-electron chi connectivity index (χ3n) is 2.05. The fourth-order valence-electron chi connectivity index (χ4n) is 0.926. The van der Waals surface area contributed by atoms with Crippen LogP contribution in [0.4, 0.5) is 0 Å². The summed E-state index contributed by atoms with van der Waals surface area (Å²) in [6.45, 7) is 5.50. The molecule has 0 heterocycles. The van der Waals surface area contributed by atoms with Crippen LogP contribution in [0.25, 0.3) is 0 Å². The Bertz CT molecular complexity index is 267. The zero-order valence-corrected chi connectivity index (χ0v) is 11.0. The summed E-state index contributed by atoms with van der Waals surface area (Å²) in [6, 6.07) is 0. The van der Waals surface area contributed by atoms with E-state index in [1.807, 2.05) is 13.8 Å². The van der Waals surface area contributed by atoms with Crippen molar-refractivity contribution in [3.63, 3.8) is 0 Å². The van der Waals surface area contributed by atoms with Gasteiger partial charge in [-0.2, -0.15) is 0 Å². The molecule has 0 aromatic rings. The van der Waals surface area contributed by atoms with Crippen LogP contribution in [0.3, 0.4) is 0 Å². The second-order valence-corrected chi connectivity index (χ2v) is 6.36. The van der Waals surface area contributed by atoms with Gasteiger partial charge in [0, 0.05) is 12.4 Å². The number of hydrogen-bond acceptors (Lipinski definition) is 3. The minimum Gasteiger partial charge on any atom is -0.391 e. The Labute approximate surface area is 97.1 Å². The molecule has 0 saturated heterocycles. The maximum absolute atomic E-state index is 11.4. The molecule has 0 fully saturated rings. The van der Waals surface area contributed by atoms with Crippen LogP contribution in [0.1, 0.15) is 20.8 Å². The maximum atomic E-state index is 11.4. The van der Waals surface area contributed by atoms with Crippen molar-refractivity contribution in [2.24, 2.45) is 11.8 Å². The average Bonchev–Trinajstić information content (AvgIpc) is 2.13. The van der Waals surface area contributed by atoms with Gasteiger partial charge < -0.3 is 5.11 Å². The molecular formula is C9H20ClNO3S. The number of aliphatic hydroxyl groups excluding tert-OH is 1. The predicted molar refractivity (Wildman–Crippen MR) is 62.5 cm³/mol. The van der Waals surface area contributed by atoms with E-state index in [4.69, 9.17) is 11.6 Å². The van der Waals surface area contributed by atoms with E-state index < -0.39 is 16.1 Å². The van der Waals surface area contributed by atoms with Crippen molar-refractivity contribution in [1.82, 2.24) is 4.72 Å². The minimum atomic E-state index is -3.32. The van der Waals surface area contributed by atoms with E-state index in [9.17, 15) is 13.5 Å². The molecule has 0 saturated carbocycles. The lowest BCUT2D eigenvalue weighted by Gasteiger charge is -2.16. The normalized spacial score (nSPS) is 16.7. The van der Waals surface area contributed by atoms with E-state index in [1.54, 1.807) is 6.92 Å². The Morgan fingerprint density at radius 2 is 1.87 bits per heavy atom. The third-order valence-corrected chi connectivity index (χ3v) is 4.19. The van der Waals surface area contributed by atoms with Gasteiger partial charge in [-0.25, -0.2) is 13.1 Å². The fraction of sp³-hybridized carbons (Fsp3) is 1.00. The molecule has 2 N–H and O–H groups in total. The highest BCUT2D eigenvalue weighted by atomic mass is 35.5. The lowest BCUT2D eigenvalue weighted by molar-refractivity contribution is 0.129. The van der Waals surface area contributed by atoms with Gasteiger partial charge in [0.1, 0.15) is 0 Å². The maximum Gasteiger partial charge on any atom is 0.211 e. The zero-order chi connectivity index (χ0) is 12.1. The first-order valence-electron chi connectivity index (χ1n) is 5.00. The van der Waals surface area contributed by atoms with Crippen LogP contribution >= 0.6 is 11.6 Å². The summed E-state index contributed by atoms with van der Waals surface area (Å²) in [6.07, 6.45) is -0.647. The van der Waals surface area contributed by atoms with Gasteiger partial charge in [0.25, 0.3) is 0 Å². The molecule has 4 nitrogen and oxygen atoms in total. The Hall–Kier alpha value is 0.160. The second kappa shape index (κ2) is 6.68. The van der Waals surface area contributed by atoms with Gasteiger partial charge >= 0.3 is 0 Å². The Morgan fingerprint density at radius 3 is 2.27 bits per heavy atom. The largest absolute Gasteiger partial charge is 0.391 e. The summed E-state index contributed by atoms with van der Waals surface area (Å²) in [7, 11) is -3.32. The van der Waals surface area contributed by atoms with Gasteiger partial charge in [0.15, 0.2) is 0 Å². The highest BCUT2D eigenvalue weighted by Crippen LogP contribution is 2.04. The van der Waals surface area contributed by atoms with Crippen molar-refractivity contribution in [2.75, 3.05) is 18.2 Å². The van der Waals surface area contributed by atoms with Crippen molar-refractivity contribution < 1.29 is 13.5 Å². The van der Waals surface area contributed by atoms with E-state index in [-0.39, 0.29) is 24.1 Å². The fourth-order valence-corrected chi connectivity index (χ4v) is 2.57. The molecule has 0 aromatic carbocycles. The zero-order valence-electron chi connectivity index (χ0n) is 9.40. The lowest BCUT2D eigenvalue weighted by Crippen LogP contribution is -2.37. The van der Waals surface area contributed by atoms with E-state index in [1.165, 1.54) is 0 Å². The number of aliphatic hydroxyl groups is 1. The summed E-state index contributed by atoms with van der Waals surface area (Å²) >= 11 is 5.53. The number of alkyl halides is 1. The molecule has 2 atom stereocenters. The predicted octanol–water partition coefficient (Wildman–Crippen LogP) is 0.798. The molecule has 0 amide bonds. The van der Waals surface area contributed by atoms with Gasteiger partial charge in [0.2, 0.25) is 10.0 Å². The van der Waals surface area contributed by atoms with Crippen molar-refractivity contribution in [2.45, 2.75) is 26.9 Å². The van der Waals surface area contributed by atoms with Gasteiger partial charge in [0.05, 0.1) is 11.9 Å². The molecule has 0 aliphatic rings. The molecule has 0 radical (unpaired) electrons. The van der Waals surface area contributed by atoms with Crippen LogP contribution in [0.15, 0.2) is 0 Å². The molecule has 0 aromatic heterocycles. The molecule has 15 heavy (non-hydrogen) atoms. The molecule has 2 unspecified atom stereocenters. The molecule has 0 spiro atoms. The highest BCUT2D eigenvalue weighted by Gasteiger charge is 2.17. The van der Waals surface area contributed by atoms with Crippen LogP contribution in [0, 0.1) is 11.8 Å². The van der Waals surface area contributed by atoms with E-state index in [2.05, 4.69) is 4.72 Å². The number of sulfonamides is 1. The van der Waals surface area contributed by atoms with Crippen molar-refractivity contribution in [1.29, 1.82) is 0 Å². The second-order valence-electron chi connectivity index (χ2n) is 4.20. The molecule has 0 aliphatic heterocycles. The van der Waals surface area contributed by atoms with Gasteiger partial charge in [-0.3, -0.25) is 0 Å². The van der Waals surface area contributed by atoms with Crippen molar-refractivity contribution >= 4 is 21.6 Å². The minimum absolute atomic E-state index is 0.00130. The van der Waals surface area contributed by atoms with Crippen LogP contribution in [-0.2, 0) is 10.0 Å². The Morgan fingerprint density at radius 1 is 1.33 bits per heavy atom. The van der Waals surface area contributed by atoms with E-state index >= 15 is 0 Å². The van der Waals surface area contributed by atoms with Crippen molar-refractivity contribution in [3.05, 3.63) is 0 Å². The van der Waals surface area contributed by atoms with E-state index in [0.717, 1.165) is 0 Å². The van der Waals surface area contributed by atoms with Crippen molar-refractivity contribution in [3.8, 4) is 0 Å². The number of hydrogen-bond donors (Lipinski definition) is 2. The first kappa shape index (κ1) is 15.2. The molecule has 6 heteroatoms. The average molecular weight is 258 g/mol. The summed E-state index contributed by atoms with van der Waals surface area (Å²) < 4.78 is 25.3. The molecule has 0 aliphatic carbocycles. The quantitative estimate of drug-likeness (QED) is 0.663. The number of rotatable bonds is 7. The van der Waals surface area contributed by atoms with Gasteiger partial charge in [-0.05, 0) is 11.8 Å². The smallest absolute Gasteiger partial charge is 0.211 e. The standard InChI is InChI=1S/C9H20ClNO3S/c1-7(2)9(12)5-11-15(13,14)6-8(3)4-10/h7-9,11-12H,4-6H2,1-3H3. The molecule has 0 rings (SSSR count). The number of nitrogens with one attached hydrogen (secondary N) is 1. The topological polar surface area (TPSA) is 66.4 Å². The summed E-state index contributed by atoms with van der Waals surface area (Å²) in [5.74, 6) is 0.271. The van der Waals surface area contributed by atoms with Gasteiger partial charge in [-0.1, -0.05) is 20.8 Å². The Kier molecular flexibility index (Phi) is 6.75.